The Morgan fingerprint density at radius 3 is 2.44 bits per heavy atom. The number of Topliss-reactive ketones (excluding diaryl/α,β-unsaturated/α-hetero) is 1. The number of ketones is 1. The van der Waals surface area contributed by atoms with E-state index in [0.29, 0.717) is 23.8 Å². The zero-order valence-electron chi connectivity index (χ0n) is 15.5. The number of hydrogen-bond acceptors (Lipinski definition) is 5. The normalized spacial score (nSPS) is 13.2. The molecule has 1 aromatic heterocycles. The molecule has 5 heteroatoms. The van der Waals surface area contributed by atoms with Crippen LogP contribution in [0.4, 0.5) is 23.1 Å². The van der Waals surface area contributed by atoms with E-state index in [1.807, 2.05) is 36.4 Å². The number of fused-ring (bicyclic) bond motifs is 1. The van der Waals surface area contributed by atoms with Gasteiger partial charge in [0.25, 0.3) is 0 Å². The second-order valence-electron chi connectivity index (χ2n) is 6.91. The van der Waals surface area contributed by atoms with Crippen LogP contribution in [0.15, 0.2) is 48.5 Å². The number of aryl methyl sites for hydroxylation is 3. The average Bonchev–Trinajstić information content (AvgIpc) is 2.65. The number of hydrogen-bond donors (Lipinski definition) is 2. The largest absolute Gasteiger partial charge is 0.339 e. The topological polar surface area (TPSA) is 66.9 Å². The SMILES string of the molecule is Cc1ccc(Nc2nc(Nc3ccccc3)nc3c2C(=O)CCC3)cc1C. The van der Waals surface area contributed by atoms with Crippen molar-refractivity contribution in [1.29, 1.82) is 0 Å². The van der Waals surface area contributed by atoms with Gasteiger partial charge in [-0.2, -0.15) is 4.98 Å². The third-order valence-corrected chi connectivity index (χ3v) is 4.88. The number of benzene rings is 2. The number of carbonyl (C=O) groups excluding carboxylic acids is 1. The van der Waals surface area contributed by atoms with Crippen molar-refractivity contribution in [3.8, 4) is 0 Å². The molecule has 0 atom stereocenters. The Bertz CT molecular complexity index is 999. The number of anilines is 4. The van der Waals surface area contributed by atoms with E-state index < -0.39 is 0 Å². The van der Waals surface area contributed by atoms with Crippen molar-refractivity contribution in [2.75, 3.05) is 10.6 Å². The van der Waals surface area contributed by atoms with E-state index in [4.69, 9.17) is 0 Å². The molecule has 1 heterocycles. The van der Waals surface area contributed by atoms with Crippen LogP contribution in [-0.4, -0.2) is 15.8 Å². The number of carbonyl (C=O) groups is 1. The molecular weight excluding hydrogens is 336 g/mol. The van der Waals surface area contributed by atoms with Crippen LogP contribution in [-0.2, 0) is 6.42 Å². The molecule has 0 radical (unpaired) electrons. The molecule has 0 bridgehead atoms. The molecule has 0 unspecified atom stereocenters. The Morgan fingerprint density at radius 1 is 0.852 bits per heavy atom. The summed E-state index contributed by atoms with van der Waals surface area (Å²) >= 11 is 0. The highest BCUT2D eigenvalue weighted by molar-refractivity contribution is 6.03. The molecule has 0 saturated heterocycles. The van der Waals surface area contributed by atoms with E-state index in [1.165, 1.54) is 11.1 Å². The van der Waals surface area contributed by atoms with Crippen LogP contribution < -0.4 is 10.6 Å². The summed E-state index contributed by atoms with van der Waals surface area (Å²) in [5.41, 5.74) is 5.69. The predicted octanol–water partition coefficient (Wildman–Crippen LogP) is 5.10. The maximum absolute atomic E-state index is 12.5. The molecule has 0 amide bonds. The molecule has 1 aliphatic rings. The molecule has 3 aromatic rings. The molecule has 0 saturated carbocycles. The number of nitrogens with zero attached hydrogens (tertiary/aromatic N) is 2. The smallest absolute Gasteiger partial charge is 0.229 e. The molecule has 5 nitrogen and oxygen atoms in total. The van der Waals surface area contributed by atoms with Gasteiger partial charge in [0, 0.05) is 17.8 Å². The molecule has 2 N–H and O–H groups in total. The molecule has 2 aromatic carbocycles. The first kappa shape index (κ1) is 17.2. The van der Waals surface area contributed by atoms with Gasteiger partial charge in [-0.15, -0.1) is 0 Å². The Hall–Kier alpha value is -3.21. The molecule has 1 aliphatic carbocycles. The van der Waals surface area contributed by atoms with Crippen molar-refractivity contribution in [2.24, 2.45) is 0 Å². The van der Waals surface area contributed by atoms with Gasteiger partial charge in [0.15, 0.2) is 5.78 Å². The molecular formula is C22H22N4O. The van der Waals surface area contributed by atoms with Crippen LogP contribution >= 0.6 is 0 Å². The summed E-state index contributed by atoms with van der Waals surface area (Å²) in [6.07, 6.45) is 2.16. The third kappa shape index (κ3) is 3.67. The zero-order valence-corrected chi connectivity index (χ0v) is 15.5. The summed E-state index contributed by atoms with van der Waals surface area (Å²) < 4.78 is 0. The Balaban J connectivity index is 1.74. The molecule has 27 heavy (non-hydrogen) atoms. The number of rotatable bonds is 4. The lowest BCUT2D eigenvalue weighted by Gasteiger charge is -2.19. The lowest BCUT2D eigenvalue weighted by Crippen LogP contribution is -2.17. The van der Waals surface area contributed by atoms with Crippen LogP contribution in [0, 0.1) is 13.8 Å². The lowest BCUT2D eigenvalue weighted by molar-refractivity contribution is 0.0972. The van der Waals surface area contributed by atoms with Gasteiger partial charge in [-0.1, -0.05) is 24.3 Å². The fourth-order valence-electron chi connectivity index (χ4n) is 3.28. The highest BCUT2D eigenvalue weighted by Crippen LogP contribution is 2.30. The fraction of sp³-hybridized carbons (Fsp3) is 0.227. The monoisotopic (exact) mass is 358 g/mol. The molecule has 4 rings (SSSR count). The number of aromatic nitrogens is 2. The Kier molecular flexibility index (Phi) is 4.59. The van der Waals surface area contributed by atoms with E-state index in [2.05, 4.69) is 46.6 Å². The maximum atomic E-state index is 12.5. The van der Waals surface area contributed by atoms with Crippen molar-refractivity contribution >= 4 is 28.9 Å². The highest BCUT2D eigenvalue weighted by Gasteiger charge is 2.24. The van der Waals surface area contributed by atoms with E-state index in [1.54, 1.807) is 0 Å². The van der Waals surface area contributed by atoms with Crippen molar-refractivity contribution in [2.45, 2.75) is 33.1 Å². The van der Waals surface area contributed by atoms with Crippen LogP contribution in [0.25, 0.3) is 0 Å². The Morgan fingerprint density at radius 2 is 1.67 bits per heavy atom. The van der Waals surface area contributed by atoms with Crippen LogP contribution in [0.2, 0.25) is 0 Å². The first-order valence-corrected chi connectivity index (χ1v) is 9.20. The first-order valence-electron chi connectivity index (χ1n) is 9.20. The number of nitrogens with one attached hydrogen (secondary N) is 2. The van der Waals surface area contributed by atoms with Gasteiger partial charge >= 0.3 is 0 Å². The standard InChI is InChI=1S/C22H22N4O/c1-14-11-12-17(13-15(14)2)23-21-20-18(9-6-10-19(20)27)25-22(26-21)24-16-7-4-3-5-8-16/h3-5,7-8,11-13H,6,9-10H2,1-2H3,(H2,23,24,25,26). The summed E-state index contributed by atoms with van der Waals surface area (Å²) in [6.45, 7) is 4.15. The Labute approximate surface area is 158 Å². The van der Waals surface area contributed by atoms with E-state index in [-0.39, 0.29) is 5.78 Å². The summed E-state index contributed by atoms with van der Waals surface area (Å²) in [7, 11) is 0. The van der Waals surface area contributed by atoms with Crippen LogP contribution in [0.3, 0.4) is 0 Å². The summed E-state index contributed by atoms with van der Waals surface area (Å²) in [4.78, 5) is 21.8. The van der Waals surface area contributed by atoms with Crippen LogP contribution in [0.1, 0.15) is 40.0 Å². The summed E-state index contributed by atoms with van der Waals surface area (Å²) in [5, 5.41) is 6.59. The summed E-state index contributed by atoms with van der Waals surface area (Å²) in [5.74, 6) is 1.18. The van der Waals surface area contributed by atoms with Crippen molar-refractivity contribution in [3.05, 3.63) is 70.9 Å². The molecule has 136 valence electrons. The van der Waals surface area contributed by atoms with Gasteiger partial charge in [0.1, 0.15) is 5.82 Å². The van der Waals surface area contributed by atoms with Gasteiger partial charge in [0.05, 0.1) is 11.3 Å². The van der Waals surface area contributed by atoms with Crippen LogP contribution in [0.5, 0.6) is 0 Å². The zero-order chi connectivity index (χ0) is 18.8. The minimum atomic E-state index is 0.105. The highest BCUT2D eigenvalue weighted by atomic mass is 16.1. The van der Waals surface area contributed by atoms with Gasteiger partial charge < -0.3 is 10.6 Å². The summed E-state index contributed by atoms with van der Waals surface area (Å²) in [6, 6.07) is 15.9. The van der Waals surface area contributed by atoms with E-state index >= 15 is 0 Å². The first-order chi connectivity index (χ1) is 13.1. The average molecular weight is 358 g/mol. The van der Waals surface area contributed by atoms with Crippen molar-refractivity contribution < 1.29 is 4.79 Å². The quantitative estimate of drug-likeness (QED) is 0.679. The fourth-order valence-corrected chi connectivity index (χ4v) is 3.28. The second-order valence-corrected chi connectivity index (χ2v) is 6.91. The third-order valence-electron chi connectivity index (χ3n) is 4.88. The molecule has 0 fully saturated rings. The van der Waals surface area contributed by atoms with Crippen molar-refractivity contribution in [3.63, 3.8) is 0 Å². The lowest BCUT2D eigenvalue weighted by atomic mass is 9.95. The molecule has 0 spiro atoms. The maximum Gasteiger partial charge on any atom is 0.229 e. The van der Waals surface area contributed by atoms with Crippen molar-refractivity contribution in [1.82, 2.24) is 9.97 Å². The minimum absolute atomic E-state index is 0.105. The molecule has 0 aliphatic heterocycles. The van der Waals surface area contributed by atoms with Gasteiger partial charge in [-0.05, 0) is 62.1 Å². The predicted molar refractivity (Wildman–Crippen MR) is 108 cm³/mol. The minimum Gasteiger partial charge on any atom is -0.339 e. The van der Waals surface area contributed by atoms with Gasteiger partial charge in [0.2, 0.25) is 5.95 Å². The van der Waals surface area contributed by atoms with E-state index in [0.717, 1.165) is 29.9 Å². The van der Waals surface area contributed by atoms with E-state index in [9.17, 15) is 4.79 Å². The van der Waals surface area contributed by atoms with Gasteiger partial charge in [-0.3, -0.25) is 4.79 Å². The van der Waals surface area contributed by atoms with Gasteiger partial charge in [-0.25, -0.2) is 4.98 Å². The second kappa shape index (κ2) is 7.19. The number of para-hydroxylation sites is 1.